The van der Waals surface area contributed by atoms with Crippen molar-refractivity contribution >= 4 is 34.1 Å². The van der Waals surface area contributed by atoms with Crippen molar-refractivity contribution in [3.8, 4) is 5.75 Å². The molecule has 1 fully saturated rings. The van der Waals surface area contributed by atoms with Gasteiger partial charge in [0.2, 0.25) is 5.89 Å². The highest BCUT2D eigenvalue weighted by Gasteiger charge is 2.25. The van der Waals surface area contributed by atoms with Gasteiger partial charge in [-0.2, -0.15) is 0 Å². The lowest BCUT2D eigenvalue weighted by atomic mass is 9.97. The van der Waals surface area contributed by atoms with E-state index < -0.39 is 0 Å². The van der Waals surface area contributed by atoms with Crippen molar-refractivity contribution in [3.05, 3.63) is 23.2 Å². The van der Waals surface area contributed by atoms with Crippen molar-refractivity contribution in [2.45, 2.75) is 26.2 Å². The second-order valence-electron chi connectivity index (χ2n) is 7.95. The van der Waals surface area contributed by atoms with E-state index in [0.29, 0.717) is 48.5 Å². The van der Waals surface area contributed by atoms with Crippen LogP contribution in [-0.2, 0) is 5.41 Å². The molecule has 0 spiro atoms. The minimum absolute atomic E-state index is 0.174. The quantitative estimate of drug-likeness (QED) is 0.489. The zero-order valence-electron chi connectivity index (χ0n) is 16.0. The number of likely N-dealkylation sites (N-methyl/N-ethyl adjacent to an activating group) is 1. The van der Waals surface area contributed by atoms with Crippen LogP contribution in [0.1, 0.15) is 26.7 Å². The lowest BCUT2D eigenvalue weighted by molar-refractivity contribution is -0.864. The normalized spacial score (nSPS) is 17.4. The number of nitrogens with zero attached hydrogens (tertiary/aromatic N) is 3. The van der Waals surface area contributed by atoms with Gasteiger partial charge in [0, 0.05) is 17.5 Å². The van der Waals surface area contributed by atoms with Crippen molar-refractivity contribution in [1.82, 2.24) is 9.88 Å². The molecule has 0 amide bonds. The lowest BCUT2D eigenvalue weighted by Gasteiger charge is -2.45. The number of nitrogens with one attached hydrogen (secondary N) is 1. The number of rotatable bonds is 2. The third-order valence-electron chi connectivity index (χ3n) is 4.57. The van der Waals surface area contributed by atoms with Gasteiger partial charge in [-0.05, 0) is 12.2 Å². The fraction of sp³-hybridized carbons (Fsp3) is 0.556. The van der Waals surface area contributed by atoms with Gasteiger partial charge in [0.25, 0.3) is 0 Å². The zero-order chi connectivity index (χ0) is 19.1. The predicted molar refractivity (Wildman–Crippen MR) is 106 cm³/mol. The minimum Gasteiger partial charge on any atom is -0.633 e. The van der Waals surface area contributed by atoms with Crippen LogP contribution in [0.4, 0.5) is 5.69 Å². The average molecular weight is 378 g/mol. The molecular formula is C18H26N4O3S. The number of benzene rings is 1. The Morgan fingerprint density at radius 2 is 2.00 bits per heavy atom. The summed E-state index contributed by atoms with van der Waals surface area (Å²) in [7, 11) is 3.31. The van der Waals surface area contributed by atoms with Gasteiger partial charge < -0.3 is 29.2 Å². The predicted octanol–water partition coefficient (Wildman–Crippen LogP) is 3.09. The van der Waals surface area contributed by atoms with Gasteiger partial charge in [-0.3, -0.25) is 0 Å². The Morgan fingerprint density at radius 1 is 1.35 bits per heavy atom. The van der Waals surface area contributed by atoms with Crippen LogP contribution in [0.2, 0.25) is 0 Å². The molecule has 0 bridgehead atoms. The summed E-state index contributed by atoms with van der Waals surface area (Å²) in [5.41, 5.74) is 1.99. The number of aromatic nitrogens is 1. The Morgan fingerprint density at radius 3 is 2.58 bits per heavy atom. The fourth-order valence-electron chi connectivity index (χ4n) is 2.83. The summed E-state index contributed by atoms with van der Waals surface area (Å²) >= 11 is 5.53. The Balaban J connectivity index is 1.83. The maximum absolute atomic E-state index is 12.0. The van der Waals surface area contributed by atoms with E-state index in [2.05, 4.69) is 31.1 Å². The molecule has 7 nitrogen and oxygen atoms in total. The molecule has 1 aliphatic heterocycles. The molecule has 2 aromatic rings. The Bertz CT molecular complexity index is 816. The largest absolute Gasteiger partial charge is 0.633 e. The summed E-state index contributed by atoms with van der Waals surface area (Å²) in [6, 6.07) is 3.71. The minimum atomic E-state index is -0.220. The van der Waals surface area contributed by atoms with E-state index in [1.165, 1.54) is 0 Å². The van der Waals surface area contributed by atoms with E-state index in [0.717, 1.165) is 11.2 Å². The summed E-state index contributed by atoms with van der Waals surface area (Å²) < 4.78 is 11.2. The fourth-order valence-corrected chi connectivity index (χ4v) is 3.12. The molecule has 0 radical (unpaired) electrons. The van der Waals surface area contributed by atoms with E-state index in [4.69, 9.17) is 21.4 Å². The number of ether oxygens (including phenoxy) is 1. The van der Waals surface area contributed by atoms with Crippen LogP contribution in [-0.4, -0.2) is 60.0 Å². The molecule has 0 unspecified atom stereocenters. The third kappa shape index (κ3) is 3.92. The molecule has 3 rings (SSSR count). The van der Waals surface area contributed by atoms with Gasteiger partial charge in [0.05, 0.1) is 46.0 Å². The third-order valence-corrected chi connectivity index (χ3v) is 4.93. The molecule has 1 aromatic carbocycles. The van der Waals surface area contributed by atoms with E-state index in [1.807, 2.05) is 17.0 Å². The molecule has 142 valence electrons. The van der Waals surface area contributed by atoms with Crippen LogP contribution in [0.5, 0.6) is 5.75 Å². The molecule has 8 heteroatoms. The summed E-state index contributed by atoms with van der Waals surface area (Å²) in [5, 5.41) is 15.8. The number of fused-ring (bicyclic) bond motifs is 1. The zero-order valence-corrected chi connectivity index (χ0v) is 16.8. The van der Waals surface area contributed by atoms with Crippen LogP contribution in [0.15, 0.2) is 16.5 Å². The van der Waals surface area contributed by atoms with Crippen LogP contribution in [0.25, 0.3) is 11.1 Å². The van der Waals surface area contributed by atoms with E-state index in [-0.39, 0.29) is 10.1 Å². The average Bonchev–Trinajstić information content (AvgIpc) is 2.97. The molecule has 0 saturated carbocycles. The monoisotopic (exact) mass is 378 g/mol. The number of hydrogen-bond acceptors (Lipinski definition) is 5. The first kappa shape index (κ1) is 18.9. The standard InChI is InChI=1S/C18H26N4O3S/c1-18(2,3)16-19-13-10-14(24-5)12(11-15(13)25-16)20-17(26)21-6-8-22(4,23)9-7-21/h10-11H,6-9H2,1-5H3,(H,20,26). The number of hydroxylamine groups is 3. The van der Waals surface area contributed by atoms with Crippen LogP contribution >= 0.6 is 12.2 Å². The maximum Gasteiger partial charge on any atom is 0.200 e. The maximum atomic E-state index is 12.0. The van der Waals surface area contributed by atoms with Crippen molar-refractivity contribution in [2.75, 3.05) is 45.7 Å². The smallest absolute Gasteiger partial charge is 0.200 e. The number of thiocarbonyl (C=S) groups is 1. The molecule has 1 N–H and O–H groups in total. The van der Waals surface area contributed by atoms with Crippen LogP contribution < -0.4 is 10.1 Å². The first-order valence-electron chi connectivity index (χ1n) is 8.69. The van der Waals surface area contributed by atoms with E-state index >= 15 is 0 Å². The second-order valence-corrected chi connectivity index (χ2v) is 8.34. The molecule has 0 atom stereocenters. The Labute approximate surface area is 159 Å². The molecule has 1 aromatic heterocycles. The summed E-state index contributed by atoms with van der Waals surface area (Å²) in [6.07, 6.45) is 0. The Kier molecular flexibility index (Phi) is 4.85. The van der Waals surface area contributed by atoms with Crippen molar-refractivity contribution in [2.24, 2.45) is 0 Å². The first-order chi connectivity index (χ1) is 12.1. The van der Waals surface area contributed by atoms with Crippen LogP contribution in [0.3, 0.4) is 0 Å². The number of hydrogen-bond donors (Lipinski definition) is 1. The van der Waals surface area contributed by atoms with Gasteiger partial charge in [0.1, 0.15) is 11.3 Å². The highest BCUT2D eigenvalue weighted by Crippen LogP contribution is 2.33. The van der Waals surface area contributed by atoms with E-state index in [1.54, 1.807) is 14.2 Å². The van der Waals surface area contributed by atoms with Gasteiger partial charge in [-0.25, -0.2) is 4.98 Å². The van der Waals surface area contributed by atoms with Gasteiger partial charge in [-0.15, -0.1) is 0 Å². The van der Waals surface area contributed by atoms with Crippen molar-refractivity contribution in [1.29, 1.82) is 0 Å². The van der Waals surface area contributed by atoms with Gasteiger partial charge in [0.15, 0.2) is 10.7 Å². The molecule has 0 aliphatic carbocycles. The molecular weight excluding hydrogens is 352 g/mol. The Hall–Kier alpha value is -1.90. The number of methoxy groups -OCH3 is 1. The van der Waals surface area contributed by atoms with Crippen molar-refractivity contribution < 1.29 is 13.8 Å². The van der Waals surface area contributed by atoms with Crippen molar-refractivity contribution in [3.63, 3.8) is 0 Å². The van der Waals surface area contributed by atoms with Crippen LogP contribution in [0, 0.1) is 5.21 Å². The molecule has 1 saturated heterocycles. The molecule has 1 aliphatic rings. The van der Waals surface area contributed by atoms with Gasteiger partial charge >= 0.3 is 0 Å². The summed E-state index contributed by atoms with van der Waals surface area (Å²) in [4.78, 5) is 6.58. The summed E-state index contributed by atoms with van der Waals surface area (Å²) in [5.74, 6) is 1.33. The summed E-state index contributed by atoms with van der Waals surface area (Å²) in [6.45, 7) is 8.48. The number of anilines is 1. The van der Waals surface area contributed by atoms with Gasteiger partial charge in [-0.1, -0.05) is 20.8 Å². The molecule has 26 heavy (non-hydrogen) atoms. The van der Waals surface area contributed by atoms with E-state index in [9.17, 15) is 5.21 Å². The number of quaternary nitrogens is 1. The number of oxazole rings is 1. The first-order valence-corrected chi connectivity index (χ1v) is 9.10. The topological polar surface area (TPSA) is 73.6 Å². The highest BCUT2D eigenvalue weighted by atomic mass is 32.1. The number of piperazine rings is 1. The molecule has 2 heterocycles. The highest BCUT2D eigenvalue weighted by molar-refractivity contribution is 7.80. The lowest BCUT2D eigenvalue weighted by Crippen LogP contribution is -2.55. The SMILES string of the molecule is COc1cc2nc(C(C)(C)C)oc2cc1NC(=S)N1CC[N+](C)([O-])CC1. The second kappa shape index (κ2) is 6.68.